The van der Waals surface area contributed by atoms with Crippen molar-refractivity contribution in [2.24, 2.45) is 0 Å². The highest BCUT2D eigenvalue weighted by atomic mass is 35.5. The summed E-state index contributed by atoms with van der Waals surface area (Å²) in [6.45, 7) is 4.92. The maximum absolute atomic E-state index is 11.5. The highest BCUT2D eigenvalue weighted by molar-refractivity contribution is 6.33. The van der Waals surface area contributed by atoms with Crippen LogP contribution in [0.2, 0.25) is 5.02 Å². The molecule has 0 radical (unpaired) electrons. The SMILES string of the molecule is COC(=O)c1ccc(C(O)C(O)CNC(=O)OC(C)(C)C)cc1Cl. The van der Waals surface area contributed by atoms with Gasteiger partial charge < -0.3 is 25.0 Å². The molecule has 134 valence electrons. The van der Waals surface area contributed by atoms with Crippen LogP contribution in [0, 0.1) is 0 Å². The molecule has 0 fully saturated rings. The number of halogens is 1. The summed E-state index contributed by atoms with van der Waals surface area (Å²) < 4.78 is 9.60. The molecule has 0 aliphatic rings. The first-order chi connectivity index (χ1) is 11.0. The van der Waals surface area contributed by atoms with Gasteiger partial charge in [-0.05, 0) is 38.5 Å². The zero-order chi connectivity index (χ0) is 18.5. The Kier molecular flexibility index (Phi) is 7.01. The van der Waals surface area contributed by atoms with Crippen molar-refractivity contribution >= 4 is 23.7 Å². The lowest BCUT2D eigenvalue weighted by Crippen LogP contribution is -2.38. The zero-order valence-corrected chi connectivity index (χ0v) is 14.8. The van der Waals surface area contributed by atoms with Crippen LogP contribution in [-0.2, 0) is 9.47 Å². The van der Waals surface area contributed by atoms with Gasteiger partial charge >= 0.3 is 12.1 Å². The number of carbonyl (C=O) groups excluding carboxylic acids is 2. The van der Waals surface area contributed by atoms with Crippen LogP contribution in [0.4, 0.5) is 4.79 Å². The van der Waals surface area contributed by atoms with Crippen LogP contribution in [0.1, 0.15) is 42.8 Å². The standard InChI is InChI=1S/C16H22ClNO6/c1-16(2,3)24-15(22)18-8-12(19)13(20)9-5-6-10(11(17)7-9)14(21)23-4/h5-7,12-13,19-20H,8H2,1-4H3,(H,18,22). The maximum Gasteiger partial charge on any atom is 0.407 e. The molecule has 1 amide bonds. The lowest BCUT2D eigenvalue weighted by atomic mass is 10.0. The Bertz CT molecular complexity index is 599. The van der Waals surface area contributed by atoms with E-state index >= 15 is 0 Å². The van der Waals surface area contributed by atoms with Crippen molar-refractivity contribution in [3.8, 4) is 0 Å². The highest BCUT2D eigenvalue weighted by Crippen LogP contribution is 2.24. The summed E-state index contributed by atoms with van der Waals surface area (Å²) in [5.41, 5.74) is -0.215. The summed E-state index contributed by atoms with van der Waals surface area (Å²) in [4.78, 5) is 23.0. The first-order valence-electron chi connectivity index (χ1n) is 7.26. The summed E-state index contributed by atoms with van der Waals surface area (Å²) >= 11 is 5.97. The third-order valence-electron chi connectivity index (χ3n) is 2.96. The Morgan fingerprint density at radius 3 is 2.42 bits per heavy atom. The molecule has 0 aliphatic carbocycles. The fraction of sp³-hybridized carbons (Fsp3) is 0.500. The van der Waals surface area contributed by atoms with Gasteiger partial charge in [0, 0.05) is 6.54 Å². The zero-order valence-electron chi connectivity index (χ0n) is 14.0. The summed E-state index contributed by atoms with van der Waals surface area (Å²) in [7, 11) is 1.23. The van der Waals surface area contributed by atoms with Crippen LogP contribution in [-0.4, -0.2) is 47.6 Å². The van der Waals surface area contributed by atoms with Gasteiger partial charge in [0.2, 0.25) is 0 Å². The molecular formula is C16H22ClNO6. The van der Waals surface area contributed by atoms with Crippen molar-refractivity contribution in [3.63, 3.8) is 0 Å². The summed E-state index contributed by atoms with van der Waals surface area (Å²) in [6.07, 6.45) is -3.28. The minimum atomic E-state index is -1.30. The minimum Gasteiger partial charge on any atom is -0.465 e. The smallest absolute Gasteiger partial charge is 0.407 e. The first-order valence-corrected chi connectivity index (χ1v) is 7.63. The van der Waals surface area contributed by atoms with Gasteiger partial charge in [-0.25, -0.2) is 9.59 Å². The lowest BCUT2D eigenvalue weighted by molar-refractivity contribution is 0.0129. The Morgan fingerprint density at radius 1 is 1.29 bits per heavy atom. The largest absolute Gasteiger partial charge is 0.465 e. The Labute approximate surface area is 145 Å². The second-order valence-corrected chi connectivity index (χ2v) is 6.53. The van der Waals surface area contributed by atoms with Crippen LogP contribution < -0.4 is 5.32 Å². The van der Waals surface area contributed by atoms with E-state index in [0.717, 1.165) is 0 Å². The van der Waals surface area contributed by atoms with Gasteiger partial charge in [0.15, 0.2) is 0 Å². The number of hydrogen-bond acceptors (Lipinski definition) is 6. The van der Waals surface area contributed by atoms with Crippen LogP contribution in [0.3, 0.4) is 0 Å². The third kappa shape index (κ3) is 5.99. The predicted octanol–water partition coefficient (Wildman–Crippen LogP) is 2.05. The van der Waals surface area contributed by atoms with Gasteiger partial charge in [-0.15, -0.1) is 0 Å². The summed E-state index contributed by atoms with van der Waals surface area (Å²) in [5.74, 6) is -0.604. The van der Waals surface area contributed by atoms with E-state index < -0.39 is 29.9 Å². The van der Waals surface area contributed by atoms with E-state index in [1.165, 1.54) is 25.3 Å². The van der Waals surface area contributed by atoms with E-state index in [2.05, 4.69) is 10.1 Å². The molecule has 7 nitrogen and oxygen atoms in total. The molecule has 24 heavy (non-hydrogen) atoms. The number of nitrogens with one attached hydrogen (secondary N) is 1. The molecular weight excluding hydrogens is 338 g/mol. The van der Waals surface area contributed by atoms with Crippen molar-refractivity contribution in [2.75, 3.05) is 13.7 Å². The Morgan fingerprint density at radius 2 is 1.92 bits per heavy atom. The first kappa shape index (κ1) is 20.2. The second-order valence-electron chi connectivity index (χ2n) is 6.13. The normalized spacial score (nSPS) is 13.8. The predicted molar refractivity (Wildman–Crippen MR) is 88.0 cm³/mol. The number of ether oxygens (including phenoxy) is 2. The second kappa shape index (κ2) is 8.32. The minimum absolute atomic E-state index is 0.0886. The van der Waals surface area contributed by atoms with Crippen LogP contribution >= 0.6 is 11.6 Å². The Balaban J connectivity index is 2.69. The molecule has 0 aromatic heterocycles. The van der Waals surface area contributed by atoms with Crippen LogP contribution in [0.25, 0.3) is 0 Å². The summed E-state index contributed by atoms with van der Waals surface area (Å²) in [5, 5.41) is 22.6. The van der Waals surface area contributed by atoms with Crippen molar-refractivity contribution in [2.45, 2.75) is 38.6 Å². The van der Waals surface area contributed by atoms with Crippen molar-refractivity contribution < 1.29 is 29.3 Å². The molecule has 2 unspecified atom stereocenters. The van der Waals surface area contributed by atoms with E-state index in [9.17, 15) is 19.8 Å². The van der Waals surface area contributed by atoms with E-state index in [1.54, 1.807) is 20.8 Å². The number of methoxy groups -OCH3 is 1. The van der Waals surface area contributed by atoms with Crippen molar-refractivity contribution in [1.82, 2.24) is 5.32 Å². The van der Waals surface area contributed by atoms with Crippen molar-refractivity contribution in [3.05, 3.63) is 34.3 Å². The number of aliphatic hydroxyl groups is 2. The van der Waals surface area contributed by atoms with Gasteiger partial charge in [0.05, 0.1) is 17.7 Å². The van der Waals surface area contributed by atoms with Gasteiger partial charge in [0.25, 0.3) is 0 Å². The molecule has 0 bridgehead atoms. The molecule has 8 heteroatoms. The number of carbonyl (C=O) groups is 2. The number of hydrogen-bond donors (Lipinski definition) is 3. The molecule has 3 N–H and O–H groups in total. The van der Waals surface area contributed by atoms with Gasteiger partial charge in [-0.1, -0.05) is 17.7 Å². The molecule has 1 aromatic carbocycles. The maximum atomic E-state index is 11.5. The molecule has 2 atom stereocenters. The fourth-order valence-electron chi connectivity index (χ4n) is 1.83. The number of aliphatic hydroxyl groups excluding tert-OH is 2. The van der Waals surface area contributed by atoms with Gasteiger partial charge in [-0.2, -0.15) is 0 Å². The van der Waals surface area contributed by atoms with E-state index in [-0.39, 0.29) is 17.1 Å². The van der Waals surface area contributed by atoms with E-state index in [1.807, 2.05) is 0 Å². The quantitative estimate of drug-likeness (QED) is 0.695. The molecule has 0 saturated heterocycles. The molecule has 0 aliphatic heterocycles. The number of benzene rings is 1. The lowest BCUT2D eigenvalue weighted by Gasteiger charge is -2.22. The third-order valence-corrected chi connectivity index (χ3v) is 3.27. The van der Waals surface area contributed by atoms with Crippen LogP contribution in [0.15, 0.2) is 18.2 Å². The van der Waals surface area contributed by atoms with E-state index in [4.69, 9.17) is 16.3 Å². The summed E-state index contributed by atoms with van der Waals surface area (Å²) in [6, 6.07) is 4.19. The average Bonchev–Trinajstić information content (AvgIpc) is 2.49. The number of amides is 1. The Hall–Kier alpha value is -1.83. The molecule has 1 rings (SSSR count). The molecule has 0 spiro atoms. The number of alkyl carbamates (subject to hydrolysis) is 1. The number of esters is 1. The van der Waals surface area contributed by atoms with Crippen molar-refractivity contribution in [1.29, 1.82) is 0 Å². The highest BCUT2D eigenvalue weighted by Gasteiger charge is 2.22. The fourth-order valence-corrected chi connectivity index (χ4v) is 2.09. The van der Waals surface area contributed by atoms with Gasteiger partial charge in [0.1, 0.15) is 17.8 Å². The molecule has 0 saturated carbocycles. The van der Waals surface area contributed by atoms with E-state index in [0.29, 0.717) is 5.56 Å². The monoisotopic (exact) mass is 359 g/mol. The number of rotatable bonds is 5. The molecule has 1 aromatic rings. The van der Waals surface area contributed by atoms with Gasteiger partial charge in [-0.3, -0.25) is 0 Å². The average molecular weight is 360 g/mol. The topological polar surface area (TPSA) is 105 Å². The van der Waals surface area contributed by atoms with Crippen LogP contribution in [0.5, 0.6) is 0 Å². The molecule has 0 heterocycles.